The molecule has 0 saturated carbocycles. The molecule has 0 aliphatic carbocycles. The molecule has 0 amide bonds. The van der Waals surface area contributed by atoms with Crippen LogP contribution in [0.4, 0.5) is 0 Å². The van der Waals surface area contributed by atoms with Gasteiger partial charge in [0.2, 0.25) is 0 Å². The fraction of sp³-hybridized carbons (Fsp3) is 0.0385. The monoisotopic (exact) mass is 361 g/mol. The number of aryl methyl sites for hydroxylation is 1. The number of hydrogen-bond donors (Lipinski definition) is 1. The Morgan fingerprint density at radius 1 is 0.571 bits per heavy atom. The van der Waals surface area contributed by atoms with Crippen molar-refractivity contribution in [3.05, 3.63) is 109 Å². The molecule has 1 aromatic heterocycles. The Hall–Kier alpha value is -3.65. The molecule has 0 atom stereocenters. The van der Waals surface area contributed by atoms with E-state index in [-0.39, 0.29) is 0 Å². The molecule has 0 aliphatic rings. The normalized spacial score (nSPS) is 11.0. The van der Waals surface area contributed by atoms with Gasteiger partial charge in [-0.25, -0.2) is 4.98 Å². The zero-order chi connectivity index (χ0) is 18.9. The van der Waals surface area contributed by atoms with E-state index in [2.05, 4.69) is 114 Å². The number of rotatable bonds is 3. The van der Waals surface area contributed by atoms with Crippen LogP contribution in [0.25, 0.3) is 39.2 Å². The van der Waals surface area contributed by atoms with E-state index in [1.54, 1.807) is 0 Å². The highest BCUT2D eigenvalue weighted by Crippen LogP contribution is 2.24. The van der Waals surface area contributed by atoms with E-state index in [1.165, 1.54) is 27.8 Å². The summed E-state index contributed by atoms with van der Waals surface area (Å²) >= 11 is 0. The van der Waals surface area contributed by atoms with Gasteiger partial charge in [0.05, 0.1) is 5.56 Å². The predicted octanol–water partition coefficient (Wildman–Crippen LogP) is 6.09. The lowest BCUT2D eigenvalue weighted by Gasteiger charge is -2.05. The predicted molar refractivity (Wildman–Crippen MR) is 115 cm³/mol. The average Bonchev–Trinajstić information content (AvgIpc) is 3.14. The largest absolute Gasteiger partial charge is 0.292 e. The lowest BCUT2D eigenvalue weighted by molar-refractivity contribution is -0.554. The van der Waals surface area contributed by atoms with Crippen LogP contribution in [0, 0.1) is 6.92 Å². The van der Waals surface area contributed by atoms with Crippen LogP contribution in [-0.2, 0) is 0 Å². The Bertz CT molecular complexity index is 1230. The molecule has 2 heteroatoms. The van der Waals surface area contributed by atoms with Gasteiger partial charge in [-0.3, -0.25) is 0 Å². The molecule has 0 fully saturated rings. The van der Waals surface area contributed by atoms with Gasteiger partial charge >= 0.3 is 0 Å². The summed E-state index contributed by atoms with van der Waals surface area (Å²) in [4.78, 5) is 3.61. The van der Waals surface area contributed by atoms with Gasteiger partial charge in [-0.15, -0.1) is 0 Å². The SMILES string of the molecule is Cc1ccc(-c2[nH]c3ccccc3[n+]2-c2ccc(-c3ccccc3)cc2)cc1. The summed E-state index contributed by atoms with van der Waals surface area (Å²) in [6.07, 6.45) is 0. The molecular weight excluding hydrogens is 340 g/mol. The van der Waals surface area contributed by atoms with E-state index in [0.717, 1.165) is 17.0 Å². The van der Waals surface area contributed by atoms with Gasteiger partial charge in [0.1, 0.15) is 5.69 Å². The Kier molecular flexibility index (Phi) is 4.02. The first-order chi connectivity index (χ1) is 13.8. The van der Waals surface area contributed by atoms with Crippen LogP contribution < -0.4 is 4.57 Å². The molecule has 4 aromatic carbocycles. The summed E-state index contributed by atoms with van der Waals surface area (Å²) in [6, 6.07) is 36.4. The number of imidazole rings is 1. The van der Waals surface area contributed by atoms with Crippen molar-refractivity contribution < 1.29 is 4.57 Å². The van der Waals surface area contributed by atoms with Gasteiger partial charge in [-0.2, -0.15) is 4.57 Å². The van der Waals surface area contributed by atoms with Gasteiger partial charge in [0.15, 0.2) is 11.0 Å². The molecule has 1 heterocycles. The lowest BCUT2D eigenvalue weighted by Crippen LogP contribution is -2.31. The van der Waals surface area contributed by atoms with E-state index in [9.17, 15) is 0 Å². The minimum Gasteiger partial charge on any atom is -0.236 e. The zero-order valence-corrected chi connectivity index (χ0v) is 15.8. The lowest BCUT2D eigenvalue weighted by atomic mass is 10.1. The van der Waals surface area contributed by atoms with Crippen LogP contribution in [-0.4, -0.2) is 4.98 Å². The molecule has 2 nitrogen and oxygen atoms in total. The van der Waals surface area contributed by atoms with Gasteiger partial charge in [-0.1, -0.05) is 72.3 Å². The van der Waals surface area contributed by atoms with E-state index >= 15 is 0 Å². The van der Waals surface area contributed by atoms with E-state index in [0.29, 0.717) is 0 Å². The summed E-state index contributed by atoms with van der Waals surface area (Å²) in [6.45, 7) is 2.12. The first-order valence-corrected chi connectivity index (χ1v) is 9.55. The molecule has 0 aliphatic heterocycles. The number of fused-ring (bicyclic) bond motifs is 1. The van der Waals surface area contributed by atoms with Crippen LogP contribution in [0.5, 0.6) is 0 Å². The van der Waals surface area contributed by atoms with Crippen molar-refractivity contribution in [2.24, 2.45) is 0 Å². The smallest absolute Gasteiger partial charge is 0.236 e. The molecule has 0 saturated heterocycles. The van der Waals surface area contributed by atoms with E-state index < -0.39 is 0 Å². The first kappa shape index (κ1) is 16.5. The maximum absolute atomic E-state index is 3.61. The van der Waals surface area contributed by atoms with Crippen molar-refractivity contribution >= 4 is 11.0 Å². The summed E-state index contributed by atoms with van der Waals surface area (Å²) in [7, 11) is 0. The van der Waals surface area contributed by atoms with Crippen LogP contribution in [0.3, 0.4) is 0 Å². The molecule has 0 unspecified atom stereocenters. The van der Waals surface area contributed by atoms with Crippen molar-refractivity contribution in [1.82, 2.24) is 4.98 Å². The minimum absolute atomic E-state index is 1.09. The van der Waals surface area contributed by atoms with Gasteiger partial charge in [0, 0.05) is 0 Å². The molecule has 1 N–H and O–H groups in total. The zero-order valence-electron chi connectivity index (χ0n) is 15.8. The van der Waals surface area contributed by atoms with E-state index in [4.69, 9.17) is 0 Å². The Morgan fingerprint density at radius 3 is 1.93 bits per heavy atom. The van der Waals surface area contributed by atoms with Crippen molar-refractivity contribution in [1.29, 1.82) is 0 Å². The third kappa shape index (κ3) is 2.89. The van der Waals surface area contributed by atoms with Crippen molar-refractivity contribution in [3.63, 3.8) is 0 Å². The number of para-hydroxylation sites is 2. The van der Waals surface area contributed by atoms with E-state index in [1.807, 2.05) is 6.07 Å². The summed E-state index contributed by atoms with van der Waals surface area (Å²) in [5.74, 6) is 1.09. The number of aromatic nitrogens is 2. The minimum atomic E-state index is 1.09. The number of nitrogens with one attached hydrogen (secondary N) is 1. The highest BCUT2D eigenvalue weighted by molar-refractivity contribution is 5.75. The van der Waals surface area contributed by atoms with Crippen LogP contribution in [0.2, 0.25) is 0 Å². The van der Waals surface area contributed by atoms with Crippen LogP contribution in [0.15, 0.2) is 103 Å². The van der Waals surface area contributed by atoms with Crippen LogP contribution >= 0.6 is 0 Å². The molecule has 5 aromatic rings. The molecule has 134 valence electrons. The molecule has 0 spiro atoms. The number of hydrogen-bond acceptors (Lipinski definition) is 0. The number of aromatic amines is 1. The molecule has 28 heavy (non-hydrogen) atoms. The molecule has 5 rings (SSSR count). The molecule has 0 radical (unpaired) electrons. The fourth-order valence-electron chi connectivity index (χ4n) is 3.69. The summed E-state index contributed by atoms with van der Waals surface area (Å²) < 4.78 is 2.30. The summed E-state index contributed by atoms with van der Waals surface area (Å²) in [5, 5.41) is 0. The Morgan fingerprint density at radius 2 is 1.18 bits per heavy atom. The highest BCUT2D eigenvalue weighted by atomic mass is 15.1. The quantitative estimate of drug-likeness (QED) is 0.375. The number of nitrogens with zero attached hydrogens (tertiary/aromatic N) is 1. The fourth-order valence-corrected chi connectivity index (χ4v) is 3.69. The average molecular weight is 361 g/mol. The number of benzene rings is 4. The van der Waals surface area contributed by atoms with Gasteiger partial charge in [0.25, 0.3) is 5.82 Å². The first-order valence-electron chi connectivity index (χ1n) is 9.55. The highest BCUT2D eigenvalue weighted by Gasteiger charge is 2.21. The summed E-state index contributed by atoms with van der Waals surface area (Å²) in [5.41, 5.74) is 8.34. The van der Waals surface area contributed by atoms with Gasteiger partial charge < -0.3 is 0 Å². The molecular formula is C26H21N2+. The second kappa shape index (κ2) is 6.82. The van der Waals surface area contributed by atoms with Crippen LogP contribution in [0.1, 0.15) is 5.56 Å². The third-order valence-corrected chi connectivity index (χ3v) is 5.18. The number of H-pyrrole nitrogens is 1. The second-order valence-electron chi connectivity index (χ2n) is 7.11. The Balaban J connectivity index is 1.67. The third-order valence-electron chi connectivity index (χ3n) is 5.18. The van der Waals surface area contributed by atoms with Crippen molar-refractivity contribution in [2.45, 2.75) is 6.92 Å². The maximum atomic E-state index is 3.61. The van der Waals surface area contributed by atoms with Crippen molar-refractivity contribution in [2.75, 3.05) is 0 Å². The second-order valence-corrected chi connectivity index (χ2v) is 7.11. The topological polar surface area (TPSA) is 19.7 Å². The van der Waals surface area contributed by atoms with Crippen molar-refractivity contribution in [3.8, 4) is 28.2 Å². The molecule has 0 bridgehead atoms. The maximum Gasteiger partial charge on any atom is 0.292 e. The Labute approximate surface area is 164 Å². The van der Waals surface area contributed by atoms with Gasteiger partial charge in [-0.05, 0) is 54.4 Å². The standard InChI is InChI=1S/C26H20N2/c1-19-11-13-22(14-12-19)26-27-24-9-5-6-10-25(24)28(26)23-17-15-21(16-18-23)20-7-3-2-4-8-20/h2-18H,1H3/p+1.